The monoisotopic (exact) mass is 247 g/mol. The number of aryl methyl sites for hydroxylation is 2. The standard InChI is InChI=1S/C10H14ClNO2S/c1-8-4-5-10(15(12,13)14)7-9(8)3-2-6-11/h4-5,7H,2-3,6H2,1H3,(H2,12,13,14). The summed E-state index contributed by atoms with van der Waals surface area (Å²) in [6.07, 6.45) is 1.61. The molecule has 0 aliphatic carbocycles. The normalized spacial score (nSPS) is 11.7. The van der Waals surface area contributed by atoms with Crippen LogP contribution in [-0.2, 0) is 16.4 Å². The fourth-order valence-corrected chi connectivity index (χ4v) is 2.05. The van der Waals surface area contributed by atoms with Crippen LogP contribution < -0.4 is 5.14 Å². The maximum Gasteiger partial charge on any atom is 0.238 e. The average Bonchev–Trinajstić information content (AvgIpc) is 2.15. The van der Waals surface area contributed by atoms with Crippen molar-refractivity contribution in [3.63, 3.8) is 0 Å². The number of benzene rings is 1. The minimum atomic E-state index is -3.60. The lowest BCUT2D eigenvalue weighted by Gasteiger charge is -2.06. The summed E-state index contributed by atoms with van der Waals surface area (Å²) in [4.78, 5) is 0.165. The molecule has 5 heteroatoms. The Morgan fingerprint density at radius 2 is 2.07 bits per heavy atom. The summed E-state index contributed by atoms with van der Waals surface area (Å²) in [6.45, 7) is 1.94. The number of primary sulfonamides is 1. The van der Waals surface area contributed by atoms with Crippen molar-refractivity contribution < 1.29 is 8.42 Å². The molecular weight excluding hydrogens is 234 g/mol. The van der Waals surface area contributed by atoms with Crippen molar-refractivity contribution in [1.82, 2.24) is 0 Å². The van der Waals surface area contributed by atoms with Gasteiger partial charge in [0.1, 0.15) is 0 Å². The van der Waals surface area contributed by atoms with Crippen molar-refractivity contribution in [2.24, 2.45) is 5.14 Å². The van der Waals surface area contributed by atoms with Crippen LogP contribution in [0.1, 0.15) is 17.5 Å². The van der Waals surface area contributed by atoms with Gasteiger partial charge in [-0.25, -0.2) is 13.6 Å². The molecule has 0 radical (unpaired) electrons. The second-order valence-corrected chi connectivity index (χ2v) is 5.37. The van der Waals surface area contributed by atoms with E-state index in [1.54, 1.807) is 12.1 Å². The van der Waals surface area contributed by atoms with Crippen molar-refractivity contribution in [2.75, 3.05) is 5.88 Å². The van der Waals surface area contributed by atoms with Gasteiger partial charge in [-0.3, -0.25) is 0 Å². The third-order valence-corrected chi connectivity index (χ3v) is 3.41. The van der Waals surface area contributed by atoms with Gasteiger partial charge in [0.05, 0.1) is 4.90 Å². The van der Waals surface area contributed by atoms with Gasteiger partial charge in [0, 0.05) is 5.88 Å². The Balaban J connectivity index is 3.06. The molecule has 0 saturated heterocycles. The van der Waals surface area contributed by atoms with Crippen LogP contribution in [0.5, 0.6) is 0 Å². The number of halogens is 1. The van der Waals surface area contributed by atoms with Crippen molar-refractivity contribution in [2.45, 2.75) is 24.7 Å². The number of sulfonamides is 1. The van der Waals surface area contributed by atoms with Crippen molar-refractivity contribution in [3.8, 4) is 0 Å². The highest BCUT2D eigenvalue weighted by Crippen LogP contribution is 2.16. The zero-order valence-corrected chi connectivity index (χ0v) is 10.1. The average molecular weight is 248 g/mol. The lowest BCUT2D eigenvalue weighted by atomic mass is 10.0. The molecular formula is C10H14ClNO2S. The van der Waals surface area contributed by atoms with Crippen molar-refractivity contribution >= 4 is 21.6 Å². The molecule has 0 atom stereocenters. The minimum Gasteiger partial charge on any atom is -0.225 e. The van der Waals surface area contributed by atoms with Gasteiger partial charge >= 0.3 is 0 Å². The lowest BCUT2D eigenvalue weighted by Crippen LogP contribution is -2.12. The fraction of sp³-hybridized carbons (Fsp3) is 0.400. The van der Waals surface area contributed by atoms with E-state index in [0.29, 0.717) is 5.88 Å². The van der Waals surface area contributed by atoms with Crippen LogP contribution in [0.15, 0.2) is 23.1 Å². The summed E-state index contributed by atoms with van der Waals surface area (Å²) in [5, 5.41) is 5.05. The van der Waals surface area contributed by atoms with E-state index >= 15 is 0 Å². The molecule has 0 amide bonds. The smallest absolute Gasteiger partial charge is 0.225 e. The highest BCUT2D eigenvalue weighted by atomic mass is 35.5. The predicted molar refractivity (Wildman–Crippen MR) is 61.6 cm³/mol. The third kappa shape index (κ3) is 3.48. The van der Waals surface area contributed by atoms with Gasteiger partial charge in [0.25, 0.3) is 0 Å². The van der Waals surface area contributed by atoms with Crippen LogP contribution >= 0.6 is 11.6 Å². The number of hydrogen-bond acceptors (Lipinski definition) is 2. The van der Waals surface area contributed by atoms with E-state index in [1.165, 1.54) is 6.07 Å². The molecule has 0 aliphatic heterocycles. The molecule has 84 valence electrons. The number of nitrogens with two attached hydrogens (primary N) is 1. The Bertz CT molecular complexity index is 443. The Kier molecular flexibility index (Phi) is 4.13. The van der Waals surface area contributed by atoms with E-state index in [0.717, 1.165) is 24.0 Å². The van der Waals surface area contributed by atoms with Crippen LogP contribution in [0.25, 0.3) is 0 Å². The van der Waals surface area contributed by atoms with Gasteiger partial charge in [-0.15, -0.1) is 11.6 Å². The molecule has 1 aromatic rings. The topological polar surface area (TPSA) is 60.2 Å². The van der Waals surface area contributed by atoms with Crippen LogP contribution in [0, 0.1) is 6.92 Å². The van der Waals surface area contributed by atoms with Crippen LogP contribution in [0.4, 0.5) is 0 Å². The number of alkyl halides is 1. The Labute approximate surface area is 95.3 Å². The molecule has 3 nitrogen and oxygen atoms in total. The molecule has 15 heavy (non-hydrogen) atoms. The van der Waals surface area contributed by atoms with Gasteiger partial charge in [0.15, 0.2) is 0 Å². The summed E-state index contributed by atoms with van der Waals surface area (Å²) < 4.78 is 22.2. The number of hydrogen-bond donors (Lipinski definition) is 1. The first-order valence-electron chi connectivity index (χ1n) is 4.63. The van der Waals surface area contributed by atoms with Gasteiger partial charge in [-0.1, -0.05) is 6.07 Å². The maximum atomic E-state index is 11.1. The van der Waals surface area contributed by atoms with E-state index < -0.39 is 10.0 Å². The SMILES string of the molecule is Cc1ccc(S(N)(=O)=O)cc1CCCCl. The molecule has 1 aromatic carbocycles. The second-order valence-electron chi connectivity index (χ2n) is 3.43. The first kappa shape index (κ1) is 12.5. The summed E-state index contributed by atoms with van der Waals surface area (Å²) in [6, 6.07) is 4.91. The van der Waals surface area contributed by atoms with Crippen LogP contribution in [0.2, 0.25) is 0 Å². The Morgan fingerprint density at radius 3 is 2.60 bits per heavy atom. The summed E-state index contributed by atoms with van der Waals surface area (Å²) in [5.41, 5.74) is 2.05. The van der Waals surface area contributed by atoms with E-state index in [9.17, 15) is 8.42 Å². The molecule has 0 aliphatic rings. The molecule has 2 N–H and O–H groups in total. The Morgan fingerprint density at radius 1 is 1.40 bits per heavy atom. The van der Waals surface area contributed by atoms with Gasteiger partial charge in [0.2, 0.25) is 10.0 Å². The molecule has 0 aromatic heterocycles. The summed E-state index contributed by atoms with van der Waals surface area (Å²) in [5.74, 6) is 0.568. The zero-order valence-electron chi connectivity index (χ0n) is 8.53. The highest BCUT2D eigenvalue weighted by molar-refractivity contribution is 7.89. The second kappa shape index (κ2) is 4.96. The maximum absolute atomic E-state index is 11.1. The highest BCUT2D eigenvalue weighted by Gasteiger charge is 2.09. The van der Waals surface area contributed by atoms with Crippen molar-refractivity contribution in [3.05, 3.63) is 29.3 Å². The first-order chi connectivity index (χ1) is 6.95. The molecule has 0 heterocycles. The van der Waals surface area contributed by atoms with Crippen LogP contribution in [-0.4, -0.2) is 14.3 Å². The van der Waals surface area contributed by atoms with Crippen LogP contribution in [0.3, 0.4) is 0 Å². The van der Waals surface area contributed by atoms with E-state index in [-0.39, 0.29) is 4.90 Å². The molecule has 0 unspecified atom stereocenters. The molecule has 0 fully saturated rings. The number of rotatable bonds is 4. The molecule has 0 spiro atoms. The van der Waals surface area contributed by atoms with Gasteiger partial charge in [-0.05, 0) is 43.0 Å². The lowest BCUT2D eigenvalue weighted by molar-refractivity contribution is 0.597. The zero-order chi connectivity index (χ0) is 11.5. The van der Waals surface area contributed by atoms with E-state index in [2.05, 4.69) is 0 Å². The Hall–Kier alpha value is -0.580. The van der Waals surface area contributed by atoms with Gasteiger partial charge in [-0.2, -0.15) is 0 Å². The molecule has 1 rings (SSSR count). The van der Waals surface area contributed by atoms with E-state index in [4.69, 9.17) is 16.7 Å². The molecule has 0 saturated carbocycles. The first-order valence-corrected chi connectivity index (χ1v) is 6.71. The predicted octanol–water partition coefficient (Wildman–Crippen LogP) is 1.81. The molecule has 0 bridgehead atoms. The van der Waals surface area contributed by atoms with E-state index in [1.807, 2.05) is 6.92 Å². The largest absolute Gasteiger partial charge is 0.238 e. The third-order valence-electron chi connectivity index (χ3n) is 2.23. The quantitative estimate of drug-likeness (QED) is 0.825. The van der Waals surface area contributed by atoms with Gasteiger partial charge < -0.3 is 0 Å². The minimum absolute atomic E-state index is 0.165. The fourth-order valence-electron chi connectivity index (χ4n) is 1.35. The summed E-state index contributed by atoms with van der Waals surface area (Å²) in [7, 11) is -3.60. The van der Waals surface area contributed by atoms with Crippen molar-refractivity contribution in [1.29, 1.82) is 0 Å². The summed E-state index contributed by atoms with van der Waals surface area (Å²) >= 11 is 5.59.